The molecule has 5 heteroatoms. The van der Waals surface area contributed by atoms with Gasteiger partial charge in [0.05, 0.1) is 0 Å². The highest BCUT2D eigenvalue weighted by molar-refractivity contribution is 5.97. The molecule has 1 aromatic carbocycles. The number of nitrogens with zero attached hydrogens (tertiary/aromatic N) is 2. The number of aromatic nitrogens is 2. The van der Waals surface area contributed by atoms with E-state index >= 15 is 0 Å². The first-order chi connectivity index (χ1) is 10.8. The summed E-state index contributed by atoms with van der Waals surface area (Å²) in [5, 5.41) is 2.90. The van der Waals surface area contributed by atoms with Crippen molar-refractivity contribution in [2.75, 3.05) is 13.2 Å². The smallest absolute Gasteiger partial charge is 0.251 e. The largest absolute Gasteiger partial charge is 0.370 e. The summed E-state index contributed by atoms with van der Waals surface area (Å²) in [6.45, 7) is 1.52. The maximum absolute atomic E-state index is 12.0. The van der Waals surface area contributed by atoms with E-state index in [0.29, 0.717) is 0 Å². The van der Waals surface area contributed by atoms with Gasteiger partial charge in [0.15, 0.2) is 0 Å². The molecule has 0 radical (unpaired) electrons. The SMILES string of the molecule is O=C1NCCc2ccc(-n3ccnc3C3CCCCO3)cc21. The van der Waals surface area contributed by atoms with E-state index in [1.165, 1.54) is 6.42 Å². The average molecular weight is 297 g/mol. The molecule has 1 N–H and O–H groups in total. The van der Waals surface area contributed by atoms with Crippen molar-refractivity contribution in [2.45, 2.75) is 31.8 Å². The molecular formula is C17H19N3O2. The molecule has 114 valence electrons. The predicted octanol–water partition coefficient (Wildman–Crippen LogP) is 2.40. The van der Waals surface area contributed by atoms with Crippen molar-refractivity contribution in [3.63, 3.8) is 0 Å². The van der Waals surface area contributed by atoms with Gasteiger partial charge in [-0.25, -0.2) is 4.98 Å². The molecule has 2 aliphatic rings. The Morgan fingerprint density at radius 1 is 1.32 bits per heavy atom. The van der Waals surface area contributed by atoms with Gasteiger partial charge < -0.3 is 14.6 Å². The van der Waals surface area contributed by atoms with E-state index < -0.39 is 0 Å². The molecule has 5 nitrogen and oxygen atoms in total. The molecule has 2 aliphatic heterocycles. The number of carbonyl (C=O) groups excluding carboxylic acids is 1. The molecule has 2 aromatic rings. The first-order valence-electron chi connectivity index (χ1n) is 7.89. The minimum absolute atomic E-state index is 0.0127. The Bertz CT molecular complexity index is 702. The summed E-state index contributed by atoms with van der Waals surface area (Å²) >= 11 is 0. The van der Waals surface area contributed by atoms with Crippen LogP contribution in [0.15, 0.2) is 30.6 Å². The van der Waals surface area contributed by atoms with Gasteiger partial charge in [0.2, 0.25) is 0 Å². The summed E-state index contributed by atoms with van der Waals surface area (Å²) in [5.41, 5.74) is 2.86. The van der Waals surface area contributed by atoms with Gasteiger partial charge in [-0.2, -0.15) is 0 Å². The van der Waals surface area contributed by atoms with E-state index in [0.717, 1.165) is 55.1 Å². The number of ether oxygens (including phenoxy) is 1. The van der Waals surface area contributed by atoms with Crippen LogP contribution < -0.4 is 5.32 Å². The molecule has 1 atom stereocenters. The first-order valence-corrected chi connectivity index (χ1v) is 7.89. The number of amides is 1. The Kier molecular flexibility index (Phi) is 3.42. The van der Waals surface area contributed by atoms with E-state index in [4.69, 9.17) is 4.74 Å². The second-order valence-electron chi connectivity index (χ2n) is 5.86. The topological polar surface area (TPSA) is 56.2 Å². The van der Waals surface area contributed by atoms with Crippen molar-refractivity contribution in [1.82, 2.24) is 14.9 Å². The second kappa shape index (κ2) is 5.57. The number of benzene rings is 1. The maximum atomic E-state index is 12.0. The zero-order valence-electron chi connectivity index (χ0n) is 12.4. The fourth-order valence-electron chi connectivity index (χ4n) is 3.27. The van der Waals surface area contributed by atoms with Crippen LogP contribution in [0.3, 0.4) is 0 Å². The summed E-state index contributed by atoms with van der Waals surface area (Å²) < 4.78 is 7.90. The molecular weight excluding hydrogens is 278 g/mol. The molecule has 0 saturated carbocycles. The van der Waals surface area contributed by atoms with E-state index in [1.54, 1.807) is 6.20 Å². The quantitative estimate of drug-likeness (QED) is 0.926. The van der Waals surface area contributed by atoms with Crippen LogP contribution in [0.4, 0.5) is 0 Å². The molecule has 3 heterocycles. The van der Waals surface area contributed by atoms with Crippen LogP contribution >= 0.6 is 0 Å². The van der Waals surface area contributed by atoms with E-state index in [9.17, 15) is 4.79 Å². The number of hydrogen-bond donors (Lipinski definition) is 1. The summed E-state index contributed by atoms with van der Waals surface area (Å²) in [4.78, 5) is 16.5. The van der Waals surface area contributed by atoms with Crippen molar-refractivity contribution < 1.29 is 9.53 Å². The van der Waals surface area contributed by atoms with E-state index in [2.05, 4.69) is 22.4 Å². The lowest BCUT2D eigenvalue weighted by Crippen LogP contribution is -2.31. The Labute approximate surface area is 129 Å². The van der Waals surface area contributed by atoms with Crippen LogP contribution in [-0.2, 0) is 11.2 Å². The van der Waals surface area contributed by atoms with Gasteiger partial charge in [0, 0.05) is 36.8 Å². The molecule has 0 spiro atoms. The fourth-order valence-corrected chi connectivity index (χ4v) is 3.27. The molecule has 22 heavy (non-hydrogen) atoms. The van der Waals surface area contributed by atoms with Gasteiger partial charge in [0.1, 0.15) is 11.9 Å². The number of fused-ring (bicyclic) bond motifs is 1. The van der Waals surface area contributed by atoms with E-state index in [-0.39, 0.29) is 12.0 Å². The molecule has 1 amide bonds. The van der Waals surface area contributed by atoms with Gasteiger partial charge in [-0.3, -0.25) is 4.79 Å². The van der Waals surface area contributed by atoms with Crippen molar-refractivity contribution in [1.29, 1.82) is 0 Å². The number of nitrogens with one attached hydrogen (secondary N) is 1. The molecule has 0 aliphatic carbocycles. The highest BCUT2D eigenvalue weighted by Crippen LogP contribution is 2.29. The number of imidazole rings is 1. The zero-order valence-corrected chi connectivity index (χ0v) is 12.4. The first kappa shape index (κ1) is 13.5. The molecule has 1 aromatic heterocycles. The predicted molar refractivity (Wildman–Crippen MR) is 82.1 cm³/mol. The summed E-state index contributed by atoms with van der Waals surface area (Å²) in [6.07, 6.45) is 7.98. The minimum atomic E-state index is 0.0127. The highest BCUT2D eigenvalue weighted by Gasteiger charge is 2.22. The Morgan fingerprint density at radius 2 is 2.27 bits per heavy atom. The normalized spacial score (nSPS) is 21.3. The van der Waals surface area contributed by atoms with Crippen LogP contribution in [0, 0.1) is 0 Å². The number of hydrogen-bond acceptors (Lipinski definition) is 3. The fraction of sp³-hybridized carbons (Fsp3) is 0.412. The van der Waals surface area contributed by atoms with E-state index in [1.807, 2.05) is 16.8 Å². The third-order valence-corrected chi connectivity index (χ3v) is 4.43. The Hall–Kier alpha value is -2.14. The van der Waals surface area contributed by atoms with Crippen LogP contribution in [0.2, 0.25) is 0 Å². The third-order valence-electron chi connectivity index (χ3n) is 4.43. The van der Waals surface area contributed by atoms with Gasteiger partial charge in [-0.15, -0.1) is 0 Å². The average Bonchev–Trinajstić information content (AvgIpc) is 3.05. The zero-order chi connectivity index (χ0) is 14.9. The molecule has 1 saturated heterocycles. The van der Waals surface area contributed by atoms with Crippen LogP contribution in [0.1, 0.15) is 47.1 Å². The van der Waals surface area contributed by atoms with Crippen LogP contribution in [-0.4, -0.2) is 28.6 Å². The molecule has 4 rings (SSSR count). The van der Waals surface area contributed by atoms with Gasteiger partial charge in [-0.1, -0.05) is 6.07 Å². The van der Waals surface area contributed by atoms with Crippen LogP contribution in [0.25, 0.3) is 5.69 Å². The lowest BCUT2D eigenvalue weighted by molar-refractivity contribution is 0.00865. The van der Waals surface area contributed by atoms with Gasteiger partial charge in [-0.05, 0) is 43.4 Å². The number of rotatable bonds is 2. The van der Waals surface area contributed by atoms with Gasteiger partial charge >= 0.3 is 0 Å². The molecule has 0 bridgehead atoms. The van der Waals surface area contributed by atoms with Crippen molar-refractivity contribution in [2.24, 2.45) is 0 Å². The maximum Gasteiger partial charge on any atom is 0.251 e. The van der Waals surface area contributed by atoms with Crippen LogP contribution in [0.5, 0.6) is 0 Å². The van der Waals surface area contributed by atoms with Gasteiger partial charge in [0.25, 0.3) is 5.91 Å². The summed E-state index contributed by atoms with van der Waals surface area (Å²) in [7, 11) is 0. The third kappa shape index (κ3) is 2.31. The lowest BCUT2D eigenvalue weighted by Gasteiger charge is -2.23. The minimum Gasteiger partial charge on any atom is -0.370 e. The van der Waals surface area contributed by atoms with Crippen molar-refractivity contribution >= 4 is 5.91 Å². The molecule has 1 fully saturated rings. The van der Waals surface area contributed by atoms with Crippen molar-refractivity contribution in [3.8, 4) is 5.69 Å². The van der Waals surface area contributed by atoms with Crippen molar-refractivity contribution in [3.05, 3.63) is 47.5 Å². The Balaban J connectivity index is 1.72. The highest BCUT2D eigenvalue weighted by atomic mass is 16.5. The summed E-state index contributed by atoms with van der Waals surface area (Å²) in [5.74, 6) is 0.939. The number of carbonyl (C=O) groups is 1. The summed E-state index contributed by atoms with van der Waals surface area (Å²) in [6, 6.07) is 6.07. The Morgan fingerprint density at radius 3 is 3.14 bits per heavy atom. The molecule has 1 unspecified atom stereocenters. The standard InChI is InChI=1S/C17H19N3O2/c21-17-14-11-13(5-4-12(14)6-7-19-17)20-9-8-18-16(20)15-3-1-2-10-22-15/h4-5,8-9,11,15H,1-3,6-7,10H2,(H,19,21). The lowest BCUT2D eigenvalue weighted by atomic mass is 9.99. The second-order valence-corrected chi connectivity index (χ2v) is 5.86. The monoisotopic (exact) mass is 297 g/mol.